The smallest absolute Gasteiger partial charge is 0.276 e. The molecule has 1 amide bonds. The Hall–Kier alpha value is -3.22. The Kier molecular flexibility index (Phi) is 4.51. The van der Waals surface area contributed by atoms with Gasteiger partial charge in [-0.2, -0.15) is 5.10 Å². The molecule has 2 heterocycles. The maximum atomic E-state index is 12.3. The van der Waals surface area contributed by atoms with Crippen LogP contribution in [0.1, 0.15) is 23.8 Å². The predicted molar refractivity (Wildman–Crippen MR) is 88.7 cm³/mol. The molecule has 0 atom stereocenters. The molecule has 3 aromatic rings. The lowest BCUT2D eigenvalue weighted by molar-refractivity contribution is 0.102. The van der Waals surface area contributed by atoms with Crippen LogP contribution in [0.4, 0.5) is 5.69 Å². The van der Waals surface area contributed by atoms with Crippen molar-refractivity contribution in [2.45, 2.75) is 19.9 Å². The molecule has 7 nitrogen and oxygen atoms in total. The molecular formula is C17H16N4O3. The molecule has 0 aliphatic heterocycles. The van der Waals surface area contributed by atoms with Gasteiger partial charge in [0.1, 0.15) is 5.69 Å². The van der Waals surface area contributed by atoms with Gasteiger partial charge in [0.15, 0.2) is 12.2 Å². The van der Waals surface area contributed by atoms with E-state index in [1.165, 1.54) is 23.2 Å². The molecule has 0 unspecified atom stereocenters. The third-order valence-corrected chi connectivity index (χ3v) is 3.39. The van der Waals surface area contributed by atoms with Crippen LogP contribution in [0.25, 0.3) is 11.3 Å². The minimum atomic E-state index is -0.368. The highest BCUT2D eigenvalue weighted by molar-refractivity contribution is 6.02. The van der Waals surface area contributed by atoms with E-state index in [1.807, 2.05) is 19.1 Å². The van der Waals surface area contributed by atoms with E-state index in [0.717, 1.165) is 12.0 Å². The van der Waals surface area contributed by atoms with Gasteiger partial charge in [-0.3, -0.25) is 9.59 Å². The van der Waals surface area contributed by atoms with Gasteiger partial charge in [-0.05, 0) is 36.8 Å². The number of carbonyl (C=O) groups excluding carboxylic acids is 1. The van der Waals surface area contributed by atoms with Crippen molar-refractivity contribution in [2.75, 3.05) is 5.32 Å². The fourth-order valence-corrected chi connectivity index (χ4v) is 2.21. The number of amides is 1. The Balaban J connectivity index is 1.75. The van der Waals surface area contributed by atoms with Crippen LogP contribution in [0, 0.1) is 0 Å². The Morgan fingerprint density at radius 1 is 1.21 bits per heavy atom. The van der Waals surface area contributed by atoms with E-state index in [-0.39, 0.29) is 17.2 Å². The van der Waals surface area contributed by atoms with Crippen molar-refractivity contribution in [2.24, 2.45) is 0 Å². The fraction of sp³-hybridized carbons (Fsp3) is 0.176. The molecule has 0 saturated heterocycles. The third kappa shape index (κ3) is 3.40. The van der Waals surface area contributed by atoms with Crippen molar-refractivity contribution in [3.05, 3.63) is 65.0 Å². The van der Waals surface area contributed by atoms with E-state index in [9.17, 15) is 9.59 Å². The second-order valence-electron chi connectivity index (χ2n) is 5.18. The summed E-state index contributed by atoms with van der Waals surface area (Å²) in [5.41, 5.74) is 1.46. The summed E-state index contributed by atoms with van der Waals surface area (Å²) in [7, 11) is 0. The van der Waals surface area contributed by atoms with Crippen molar-refractivity contribution in [1.29, 1.82) is 0 Å². The molecule has 0 spiro atoms. The van der Waals surface area contributed by atoms with Crippen molar-refractivity contribution < 1.29 is 9.21 Å². The van der Waals surface area contributed by atoms with Crippen molar-refractivity contribution >= 4 is 11.6 Å². The zero-order valence-electron chi connectivity index (χ0n) is 13.1. The molecule has 7 heteroatoms. The van der Waals surface area contributed by atoms with Crippen LogP contribution in [0.5, 0.6) is 0 Å². The van der Waals surface area contributed by atoms with Gasteiger partial charge in [0.2, 0.25) is 0 Å². The first-order valence-corrected chi connectivity index (χ1v) is 7.56. The summed E-state index contributed by atoms with van der Waals surface area (Å²) in [6.07, 6.45) is 3.75. The number of hydrogen-bond donors (Lipinski definition) is 1. The molecule has 24 heavy (non-hydrogen) atoms. The number of aryl methyl sites for hydroxylation is 1. The molecule has 0 aliphatic carbocycles. The lowest BCUT2D eigenvalue weighted by atomic mass is 10.1. The van der Waals surface area contributed by atoms with Crippen molar-refractivity contribution in [1.82, 2.24) is 14.8 Å². The highest BCUT2D eigenvalue weighted by atomic mass is 16.3. The largest absolute Gasteiger partial charge is 0.444 e. The van der Waals surface area contributed by atoms with Crippen LogP contribution in [-0.4, -0.2) is 20.7 Å². The van der Waals surface area contributed by atoms with Crippen LogP contribution >= 0.6 is 0 Å². The van der Waals surface area contributed by atoms with Gasteiger partial charge in [-0.15, -0.1) is 0 Å². The topological polar surface area (TPSA) is 90.0 Å². The maximum absolute atomic E-state index is 12.3. The standard InChI is InChI=1S/C17H16N4O3/c1-2-9-21-16(22)8-7-14(20-21)17(23)19-13-5-3-12(4-6-13)15-10-18-11-24-15/h3-8,10-11H,2,9H2,1H3,(H,19,23). The maximum Gasteiger partial charge on any atom is 0.276 e. The summed E-state index contributed by atoms with van der Waals surface area (Å²) in [6, 6.07) is 9.94. The fourth-order valence-electron chi connectivity index (χ4n) is 2.21. The number of hydrogen-bond acceptors (Lipinski definition) is 5. The lowest BCUT2D eigenvalue weighted by Crippen LogP contribution is -2.26. The van der Waals surface area contributed by atoms with Gasteiger partial charge < -0.3 is 9.73 Å². The van der Waals surface area contributed by atoms with E-state index in [2.05, 4.69) is 15.4 Å². The molecule has 0 fully saturated rings. The third-order valence-electron chi connectivity index (χ3n) is 3.39. The number of carbonyl (C=O) groups is 1. The van der Waals surface area contributed by atoms with Crippen LogP contribution < -0.4 is 10.9 Å². The average molecular weight is 324 g/mol. The number of anilines is 1. The minimum Gasteiger partial charge on any atom is -0.444 e. The molecule has 0 bridgehead atoms. The monoisotopic (exact) mass is 324 g/mol. The summed E-state index contributed by atoms with van der Waals surface area (Å²) in [4.78, 5) is 27.8. The van der Waals surface area contributed by atoms with E-state index in [0.29, 0.717) is 18.0 Å². The molecule has 1 aromatic carbocycles. The number of nitrogens with one attached hydrogen (secondary N) is 1. The Bertz CT molecular complexity index is 883. The van der Waals surface area contributed by atoms with E-state index >= 15 is 0 Å². The quantitative estimate of drug-likeness (QED) is 0.779. The van der Waals surface area contributed by atoms with Crippen LogP contribution in [0.2, 0.25) is 0 Å². The van der Waals surface area contributed by atoms with Crippen molar-refractivity contribution in [3.8, 4) is 11.3 Å². The Morgan fingerprint density at radius 3 is 2.67 bits per heavy atom. The van der Waals surface area contributed by atoms with Crippen LogP contribution in [0.15, 0.2) is 58.2 Å². The van der Waals surface area contributed by atoms with Gasteiger partial charge in [-0.1, -0.05) is 6.92 Å². The molecule has 0 saturated carbocycles. The summed E-state index contributed by atoms with van der Waals surface area (Å²) in [5.74, 6) is 0.286. The first-order valence-electron chi connectivity index (χ1n) is 7.56. The van der Waals surface area contributed by atoms with Gasteiger partial charge >= 0.3 is 0 Å². The normalized spacial score (nSPS) is 10.5. The SMILES string of the molecule is CCCn1nc(C(=O)Nc2ccc(-c3cnco3)cc2)ccc1=O. The number of rotatable bonds is 5. The van der Waals surface area contributed by atoms with Crippen LogP contribution in [-0.2, 0) is 6.54 Å². The highest BCUT2D eigenvalue weighted by Gasteiger charge is 2.10. The number of benzene rings is 1. The summed E-state index contributed by atoms with van der Waals surface area (Å²) < 4.78 is 6.51. The van der Waals surface area contributed by atoms with Gasteiger partial charge in [0.05, 0.1) is 6.20 Å². The average Bonchev–Trinajstić information content (AvgIpc) is 3.12. The predicted octanol–water partition coefficient (Wildman–Crippen LogP) is 2.56. The first kappa shape index (κ1) is 15.7. The molecule has 0 aliphatic rings. The summed E-state index contributed by atoms with van der Waals surface area (Å²) in [5, 5.41) is 6.84. The first-order chi connectivity index (χ1) is 11.7. The molecule has 3 rings (SSSR count). The van der Waals surface area contributed by atoms with E-state index < -0.39 is 0 Å². The van der Waals surface area contributed by atoms with Crippen molar-refractivity contribution in [3.63, 3.8) is 0 Å². The van der Waals surface area contributed by atoms with Gasteiger partial charge in [0.25, 0.3) is 11.5 Å². The second kappa shape index (κ2) is 6.91. The number of oxazole rings is 1. The van der Waals surface area contributed by atoms with Crippen LogP contribution in [0.3, 0.4) is 0 Å². The second-order valence-corrected chi connectivity index (χ2v) is 5.18. The molecule has 122 valence electrons. The molecular weight excluding hydrogens is 308 g/mol. The Labute approximate surface area is 138 Å². The van der Waals surface area contributed by atoms with E-state index in [4.69, 9.17) is 4.42 Å². The number of nitrogens with zero attached hydrogens (tertiary/aromatic N) is 3. The van der Waals surface area contributed by atoms with Gasteiger partial charge in [-0.25, -0.2) is 9.67 Å². The van der Waals surface area contributed by atoms with Gasteiger partial charge in [0, 0.05) is 23.9 Å². The zero-order valence-corrected chi connectivity index (χ0v) is 13.1. The lowest BCUT2D eigenvalue weighted by Gasteiger charge is -2.07. The molecule has 1 N–H and O–H groups in total. The highest BCUT2D eigenvalue weighted by Crippen LogP contribution is 2.20. The Morgan fingerprint density at radius 2 is 2.00 bits per heavy atom. The summed E-state index contributed by atoms with van der Waals surface area (Å²) in [6.45, 7) is 2.42. The summed E-state index contributed by atoms with van der Waals surface area (Å²) >= 11 is 0. The minimum absolute atomic E-state index is 0.197. The molecule has 2 aromatic heterocycles. The van der Waals surface area contributed by atoms with E-state index in [1.54, 1.807) is 18.3 Å². The zero-order chi connectivity index (χ0) is 16.9. The molecule has 0 radical (unpaired) electrons. The number of aromatic nitrogens is 3.